The molecule has 0 amide bonds. The molecule has 1 aliphatic heterocycles. The fourth-order valence-electron chi connectivity index (χ4n) is 2.41. The molecule has 0 bridgehead atoms. The van der Waals surface area contributed by atoms with E-state index in [4.69, 9.17) is 23.2 Å². The van der Waals surface area contributed by atoms with Crippen molar-refractivity contribution in [3.8, 4) is 0 Å². The summed E-state index contributed by atoms with van der Waals surface area (Å²) in [4.78, 5) is 2.41. The van der Waals surface area contributed by atoms with E-state index < -0.39 is 0 Å². The summed E-state index contributed by atoms with van der Waals surface area (Å²) in [5.41, 5.74) is 2.01. The second kappa shape index (κ2) is 5.17. The van der Waals surface area contributed by atoms with Crippen molar-refractivity contribution in [3.05, 3.63) is 16.4 Å². The molecule has 2 heterocycles. The maximum atomic E-state index is 6.26. The molecule has 0 radical (unpaired) electrons. The second-order valence-electron chi connectivity index (χ2n) is 4.99. The van der Waals surface area contributed by atoms with Gasteiger partial charge < -0.3 is 0 Å². The van der Waals surface area contributed by atoms with Crippen molar-refractivity contribution in [2.45, 2.75) is 32.2 Å². The Kier molecular flexibility index (Phi) is 4.01. The largest absolute Gasteiger partial charge is 0.297 e. The standard InChI is InChI=1S/C12H19Cl2N3/c1-8-6-17(5-4-10(8)13)7-11-12(14)9(2)15-16(11)3/h8,10H,4-7H2,1-3H3. The van der Waals surface area contributed by atoms with Gasteiger partial charge in [-0.2, -0.15) is 5.10 Å². The minimum Gasteiger partial charge on any atom is -0.297 e. The van der Waals surface area contributed by atoms with Crippen molar-refractivity contribution in [2.75, 3.05) is 13.1 Å². The van der Waals surface area contributed by atoms with Crippen molar-refractivity contribution in [3.63, 3.8) is 0 Å². The van der Waals surface area contributed by atoms with Crippen molar-refractivity contribution < 1.29 is 0 Å². The highest BCUT2D eigenvalue weighted by Gasteiger charge is 2.25. The molecule has 1 saturated heterocycles. The Hall–Kier alpha value is -0.250. The maximum absolute atomic E-state index is 6.26. The quantitative estimate of drug-likeness (QED) is 0.774. The summed E-state index contributed by atoms with van der Waals surface area (Å²) in [5, 5.41) is 5.46. The van der Waals surface area contributed by atoms with E-state index in [0.29, 0.717) is 11.3 Å². The molecule has 2 rings (SSSR count). The minimum absolute atomic E-state index is 0.315. The minimum atomic E-state index is 0.315. The van der Waals surface area contributed by atoms with E-state index in [9.17, 15) is 0 Å². The molecule has 1 aromatic heterocycles. The predicted octanol–water partition coefficient (Wildman–Crippen LogP) is 2.83. The first-order valence-corrected chi connectivity index (χ1v) is 6.85. The van der Waals surface area contributed by atoms with Gasteiger partial charge in [0.2, 0.25) is 0 Å². The number of aromatic nitrogens is 2. The lowest BCUT2D eigenvalue weighted by atomic mass is 9.99. The van der Waals surface area contributed by atoms with Gasteiger partial charge in [-0.25, -0.2) is 0 Å². The smallest absolute Gasteiger partial charge is 0.0860 e. The maximum Gasteiger partial charge on any atom is 0.0860 e. The molecule has 0 spiro atoms. The van der Waals surface area contributed by atoms with E-state index in [-0.39, 0.29) is 0 Å². The highest BCUT2D eigenvalue weighted by Crippen LogP contribution is 2.26. The van der Waals surface area contributed by atoms with Crippen molar-refractivity contribution >= 4 is 23.2 Å². The summed E-state index contributed by atoms with van der Waals surface area (Å²) in [6, 6.07) is 0. The monoisotopic (exact) mass is 275 g/mol. The number of likely N-dealkylation sites (tertiary alicyclic amines) is 1. The average Bonchev–Trinajstić information content (AvgIpc) is 2.50. The van der Waals surface area contributed by atoms with Crippen LogP contribution in [0.15, 0.2) is 0 Å². The molecule has 1 aromatic rings. The Morgan fingerprint density at radius 1 is 1.47 bits per heavy atom. The van der Waals surface area contributed by atoms with Crippen LogP contribution in [0.3, 0.4) is 0 Å². The van der Waals surface area contributed by atoms with E-state index >= 15 is 0 Å². The Morgan fingerprint density at radius 2 is 2.18 bits per heavy atom. The summed E-state index contributed by atoms with van der Waals surface area (Å²) in [6.45, 7) is 7.09. The van der Waals surface area contributed by atoms with Crippen LogP contribution in [0, 0.1) is 12.8 Å². The van der Waals surface area contributed by atoms with Gasteiger partial charge in [0.25, 0.3) is 0 Å². The molecule has 17 heavy (non-hydrogen) atoms. The second-order valence-corrected chi connectivity index (χ2v) is 5.93. The Bertz CT molecular complexity index is 403. The lowest BCUT2D eigenvalue weighted by Crippen LogP contribution is -2.39. The normalized spacial score (nSPS) is 26.4. The van der Waals surface area contributed by atoms with Crippen LogP contribution >= 0.6 is 23.2 Å². The summed E-state index contributed by atoms with van der Waals surface area (Å²) >= 11 is 12.5. The van der Waals surface area contributed by atoms with Gasteiger partial charge in [0.1, 0.15) is 0 Å². The number of hydrogen-bond acceptors (Lipinski definition) is 2. The molecular formula is C12H19Cl2N3. The molecule has 5 heteroatoms. The number of aryl methyl sites for hydroxylation is 2. The summed E-state index contributed by atoms with van der Waals surface area (Å²) < 4.78 is 1.88. The lowest BCUT2D eigenvalue weighted by molar-refractivity contribution is 0.176. The molecule has 1 aliphatic rings. The van der Waals surface area contributed by atoms with Gasteiger partial charge in [-0.1, -0.05) is 18.5 Å². The summed E-state index contributed by atoms with van der Waals surface area (Å²) in [6.07, 6.45) is 1.05. The zero-order chi connectivity index (χ0) is 12.6. The fraction of sp³-hybridized carbons (Fsp3) is 0.750. The third-order valence-corrected chi connectivity index (χ3v) is 4.66. The Morgan fingerprint density at radius 3 is 2.71 bits per heavy atom. The van der Waals surface area contributed by atoms with Gasteiger partial charge in [0, 0.05) is 25.5 Å². The van der Waals surface area contributed by atoms with Crippen LogP contribution in [0.4, 0.5) is 0 Å². The topological polar surface area (TPSA) is 21.1 Å². The zero-order valence-electron chi connectivity index (χ0n) is 10.6. The van der Waals surface area contributed by atoms with Gasteiger partial charge in [-0.15, -0.1) is 11.6 Å². The van der Waals surface area contributed by atoms with Crippen LogP contribution in [0.25, 0.3) is 0 Å². The molecule has 1 fully saturated rings. The van der Waals surface area contributed by atoms with Crippen LogP contribution in [0.2, 0.25) is 5.02 Å². The van der Waals surface area contributed by atoms with Crippen LogP contribution in [-0.4, -0.2) is 33.1 Å². The number of piperidine rings is 1. The number of alkyl halides is 1. The molecule has 0 aliphatic carbocycles. The fourth-order valence-corrected chi connectivity index (χ4v) is 2.81. The van der Waals surface area contributed by atoms with Gasteiger partial charge in [-0.3, -0.25) is 9.58 Å². The highest BCUT2D eigenvalue weighted by molar-refractivity contribution is 6.31. The van der Waals surface area contributed by atoms with Crippen molar-refractivity contribution in [1.82, 2.24) is 14.7 Å². The van der Waals surface area contributed by atoms with Gasteiger partial charge in [0.05, 0.1) is 16.4 Å². The highest BCUT2D eigenvalue weighted by atomic mass is 35.5. The first kappa shape index (κ1) is 13.2. The summed E-state index contributed by atoms with van der Waals surface area (Å²) in [5.74, 6) is 0.540. The lowest BCUT2D eigenvalue weighted by Gasteiger charge is -2.34. The molecule has 0 saturated carbocycles. The van der Waals surface area contributed by atoms with Gasteiger partial charge >= 0.3 is 0 Å². The zero-order valence-corrected chi connectivity index (χ0v) is 12.1. The molecule has 3 nitrogen and oxygen atoms in total. The van der Waals surface area contributed by atoms with Crippen LogP contribution in [-0.2, 0) is 13.6 Å². The molecule has 2 atom stereocenters. The number of halogens is 2. The molecule has 2 unspecified atom stereocenters. The first-order chi connectivity index (χ1) is 7.99. The van der Waals surface area contributed by atoms with E-state index in [0.717, 1.165) is 42.5 Å². The third-order valence-electron chi connectivity index (χ3n) is 3.52. The Labute approximate surface area is 113 Å². The molecule has 0 N–H and O–H groups in total. The van der Waals surface area contributed by atoms with E-state index in [1.807, 2.05) is 18.7 Å². The van der Waals surface area contributed by atoms with Crippen LogP contribution in [0.1, 0.15) is 24.7 Å². The van der Waals surface area contributed by atoms with Crippen LogP contribution < -0.4 is 0 Å². The van der Waals surface area contributed by atoms with Gasteiger partial charge in [0.15, 0.2) is 0 Å². The molecular weight excluding hydrogens is 257 g/mol. The summed E-state index contributed by atoms with van der Waals surface area (Å²) in [7, 11) is 1.95. The first-order valence-electron chi connectivity index (χ1n) is 6.03. The predicted molar refractivity (Wildman–Crippen MR) is 71.7 cm³/mol. The third kappa shape index (κ3) is 2.78. The van der Waals surface area contributed by atoms with E-state index in [2.05, 4.69) is 16.9 Å². The van der Waals surface area contributed by atoms with Crippen molar-refractivity contribution in [1.29, 1.82) is 0 Å². The van der Waals surface area contributed by atoms with E-state index in [1.54, 1.807) is 0 Å². The number of nitrogens with zero attached hydrogens (tertiary/aromatic N) is 3. The van der Waals surface area contributed by atoms with E-state index in [1.165, 1.54) is 0 Å². The molecule has 0 aromatic carbocycles. The number of rotatable bonds is 2. The SMILES string of the molecule is Cc1nn(C)c(CN2CCC(Cl)C(C)C2)c1Cl. The molecule has 96 valence electrons. The van der Waals surface area contributed by atoms with Crippen LogP contribution in [0.5, 0.6) is 0 Å². The van der Waals surface area contributed by atoms with Gasteiger partial charge in [-0.05, 0) is 25.8 Å². The Balaban J connectivity index is 2.06. The average molecular weight is 276 g/mol. The number of hydrogen-bond donors (Lipinski definition) is 0. The van der Waals surface area contributed by atoms with Crippen molar-refractivity contribution in [2.24, 2.45) is 13.0 Å².